The third-order valence-corrected chi connectivity index (χ3v) is 7.04. The second-order valence-electron chi connectivity index (χ2n) is 11.8. The number of aliphatic hydroxyl groups is 1. The first kappa shape index (κ1) is 36.1. The zero-order valence-electron chi connectivity index (χ0n) is 26.0. The van der Waals surface area contributed by atoms with E-state index in [0.717, 1.165) is 29.3 Å². The summed E-state index contributed by atoms with van der Waals surface area (Å²) in [6.45, 7) is 4.05. The Labute approximate surface area is 267 Å². The van der Waals surface area contributed by atoms with Crippen molar-refractivity contribution in [3.8, 4) is 0 Å². The average molecular weight is 641 g/mol. The van der Waals surface area contributed by atoms with Crippen molar-refractivity contribution in [1.29, 1.82) is 0 Å². The maximum absolute atomic E-state index is 14.4. The van der Waals surface area contributed by atoms with E-state index in [1.54, 1.807) is 38.1 Å². The van der Waals surface area contributed by atoms with E-state index in [1.807, 2.05) is 36.4 Å². The molecule has 0 heterocycles. The van der Waals surface area contributed by atoms with Gasteiger partial charge in [0.1, 0.15) is 24.3 Å². The number of amides is 3. The van der Waals surface area contributed by atoms with Crippen LogP contribution in [0.3, 0.4) is 0 Å². The van der Waals surface area contributed by atoms with Gasteiger partial charge in [-0.15, -0.1) is 0 Å². The van der Waals surface area contributed by atoms with Gasteiger partial charge in [0.15, 0.2) is 0 Å². The summed E-state index contributed by atoms with van der Waals surface area (Å²) in [4.78, 5) is 38.0. The summed E-state index contributed by atoms with van der Waals surface area (Å²) in [6.07, 6.45) is -2.74. The first-order chi connectivity index (χ1) is 21.9. The molecule has 3 aromatic rings. The van der Waals surface area contributed by atoms with Gasteiger partial charge >= 0.3 is 6.09 Å². The Morgan fingerprint density at radius 3 is 2.15 bits per heavy atom. The van der Waals surface area contributed by atoms with Crippen LogP contribution in [0.15, 0.2) is 78.9 Å². The molecule has 0 spiro atoms. The van der Waals surface area contributed by atoms with E-state index in [0.29, 0.717) is 0 Å². The molecule has 3 aromatic carbocycles. The molecule has 0 aliphatic heterocycles. The van der Waals surface area contributed by atoms with Crippen molar-refractivity contribution in [1.82, 2.24) is 16.0 Å². The summed E-state index contributed by atoms with van der Waals surface area (Å²) in [5.41, 5.74) is 6.98. The van der Waals surface area contributed by atoms with Gasteiger partial charge in [0.2, 0.25) is 5.91 Å². The van der Waals surface area contributed by atoms with E-state index in [9.17, 15) is 28.3 Å². The highest BCUT2D eigenvalue weighted by Crippen LogP contribution is 2.15. The van der Waals surface area contributed by atoms with E-state index < -0.39 is 53.1 Å². The molecule has 46 heavy (non-hydrogen) atoms. The molecule has 0 bridgehead atoms. The minimum atomic E-state index is -1.50. The zero-order valence-corrected chi connectivity index (χ0v) is 26.0. The van der Waals surface area contributed by atoms with E-state index in [2.05, 4.69) is 16.0 Å². The number of halogens is 2. The number of nitrogens with two attached hydrogens (primary N) is 1. The zero-order chi connectivity index (χ0) is 33.5. The lowest BCUT2D eigenvalue weighted by molar-refractivity contribution is -0.131. The highest BCUT2D eigenvalue weighted by atomic mass is 19.1. The molecule has 248 valence electrons. The molecule has 3 atom stereocenters. The molecule has 12 heteroatoms. The molecule has 10 nitrogen and oxygen atoms in total. The molecule has 3 amide bonds. The van der Waals surface area contributed by atoms with E-state index >= 15 is 0 Å². The summed E-state index contributed by atoms with van der Waals surface area (Å²) >= 11 is 0. The van der Waals surface area contributed by atoms with Crippen LogP contribution in [0.2, 0.25) is 0 Å². The largest absolute Gasteiger partial charge is 0.445 e. The summed E-state index contributed by atoms with van der Waals surface area (Å²) in [5, 5.41) is 18.3. The first-order valence-corrected chi connectivity index (χ1v) is 14.9. The van der Waals surface area contributed by atoms with Crippen molar-refractivity contribution >= 4 is 17.9 Å². The SMILES string of the molecule is CC(C)(CNC(=O)CC(Cc1cc(F)ccc1F)NC(=O)OCc1ccccc1)CNC(=O)C(O)[C@H](N)COCc1ccccc1. The van der Waals surface area contributed by atoms with Crippen molar-refractivity contribution in [3.05, 3.63) is 107 Å². The second-order valence-corrected chi connectivity index (χ2v) is 11.8. The van der Waals surface area contributed by atoms with Crippen molar-refractivity contribution in [2.45, 2.75) is 58.1 Å². The van der Waals surface area contributed by atoms with Crippen molar-refractivity contribution in [2.24, 2.45) is 11.1 Å². The Kier molecular flexibility index (Phi) is 14.1. The number of hydrogen-bond acceptors (Lipinski definition) is 7. The van der Waals surface area contributed by atoms with E-state index in [1.165, 1.54) is 0 Å². The van der Waals surface area contributed by atoms with Gasteiger partial charge in [0, 0.05) is 25.6 Å². The Bertz CT molecular complexity index is 1410. The third kappa shape index (κ3) is 12.9. The Balaban J connectivity index is 1.48. The van der Waals surface area contributed by atoms with Gasteiger partial charge in [0.25, 0.3) is 5.91 Å². The molecule has 3 rings (SSSR count). The highest BCUT2D eigenvalue weighted by molar-refractivity contribution is 5.81. The molecule has 0 saturated carbocycles. The fourth-order valence-corrected chi connectivity index (χ4v) is 4.37. The van der Waals surface area contributed by atoms with Gasteiger partial charge in [-0.25, -0.2) is 13.6 Å². The standard InChI is InChI=1S/C34H42F2N4O6/c1-34(2,22-39-32(43)31(42)29(37)20-45-18-23-9-5-3-6-10-23)21-38-30(41)17-27(16-25-15-26(35)13-14-28(25)36)40-33(44)46-19-24-11-7-4-8-12-24/h3-15,27,29,31,42H,16-22,37H2,1-2H3,(H,38,41)(H,39,43)(H,40,44)/t27?,29-,31?/m1/s1. The number of carbonyl (C=O) groups excluding carboxylic acids is 3. The first-order valence-electron chi connectivity index (χ1n) is 14.9. The van der Waals surface area contributed by atoms with Gasteiger partial charge in [-0.05, 0) is 46.7 Å². The Hall–Kier alpha value is -4.39. The van der Waals surface area contributed by atoms with Crippen LogP contribution in [0.5, 0.6) is 0 Å². The van der Waals surface area contributed by atoms with Gasteiger partial charge < -0.3 is 36.3 Å². The van der Waals surface area contributed by atoms with Gasteiger partial charge in [-0.2, -0.15) is 0 Å². The molecule has 0 fully saturated rings. The highest BCUT2D eigenvalue weighted by Gasteiger charge is 2.27. The van der Waals surface area contributed by atoms with Crippen LogP contribution in [0, 0.1) is 17.0 Å². The summed E-state index contributed by atoms with van der Waals surface area (Å²) in [5.74, 6) is -2.47. The number of nitrogens with one attached hydrogen (secondary N) is 3. The topological polar surface area (TPSA) is 152 Å². The fraction of sp³-hybridized carbons (Fsp3) is 0.382. The van der Waals surface area contributed by atoms with Crippen molar-refractivity contribution in [3.63, 3.8) is 0 Å². The predicted molar refractivity (Wildman–Crippen MR) is 168 cm³/mol. The van der Waals surface area contributed by atoms with E-state index in [-0.39, 0.29) is 51.3 Å². The molecule has 0 radical (unpaired) electrons. The fourth-order valence-electron chi connectivity index (χ4n) is 4.37. The van der Waals surface area contributed by atoms with Crippen LogP contribution in [0.1, 0.15) is 37.0 Å². The lowest BCUT2D eigenvalue weighted by atomic mass is 9.93. The van der Waals surface area contributed by atoms with Crippen molar-refractivity contribution in [2.75, 3.05) is 19.7 Å². The predicted octanol–water partition coefficient (Wildman–Crippen LogP) is 3.36. The molecular formula is C34H42F2N4O6. The van der Waals surface area contributed by atoms with Crippen LogP contribution in [0.4, 0.5) is 13.6 Å². The number of ether oxygens (including phenoxy) is 2. The number of hydrogen-bond donors (Lipinski definition) is 5. The summed E-state index contributed by atoms with van der Waals surface area (Å²) in [6, 6.07) is 19.5. The minimum Gasteiger partial charge on any atom is -0.445 e. The normalized spacial score (nSPS) is 13.3. The molecule has 0 aliphatic carbocycles. The van der Waals surface area contributed by atoms with Crippen LogP contribution in [-0.2, 0) is 38.7 Å². The van der Waals surface area contributed by atoms with Crippen LogP contribution < -0.4 is 21.7 Å². The summed E-state index contributed by atoms with van der Waals surface area (Å²) in [7, 11) is 0. The number of rotatable bonds is 17. The lowest BCUT2D eigenvalue weighted by Crippen LogP contribution is -2.51. The second kappa shape index (κ2) is 17.9. The number of aliphatic hydroxyl groups excluding tert-OH is 1. The number of alkyl carbamates (subject to hydrolysis) is 1. The Morgan fingerprint density at radius 1 is 0.891 bits per heavy atom. The smallest absolute Gasteiger partial charge is 0.407 e. The third-order valence-electron chi connectivity index (χ3n) is 7.04. The number of carbonyl (C=O) groups is 3. The number of benzene rings is 3. The quantitative estimate of drug-likeness (QED) is 0.152. The van der Waals surface area contributed by atoms with Crippen LogP contribution in [0.25, 0.3) is 0 Å². The molecule has 0 aromatic heterocycles. The lowest BCUT2D eigenvalue weighted by Gasteiger charge is -2.27. The maximum Gasteiger partial charge on any atom is 0.407 e. The maximum atomic E-state index is 14.4. The Morgan fingerprint density at radius 2 is 1.50 bits per heavy atom. The molecular weight excluding hydrogens is 598 g/mol. The van der Waals surface area contributed by atoms with Crippen LogP contribution >= 0.6 is 0 Å². The van der Waals surface area contributed by atoms with E-state index in [4.69, 9.17) is 15.2 Å². The van der Waals surface area contributed by atoms with Gasteiger partial charge in [0.05, 0.1) is 19.3 Å². The minimum absolute atomic E-state index is 0.00793. The molecule has 6 N–H and O–H groups in total. The van der Waals surface area contributed by atoms with Crippen LogP contribution in [-0.4, -0.2) is 60.9 Å². The molecule has 2 unspecified atom stereocenters. The molecule has 0 aliphatic rings. The van der Waals surface area contributed by atoms with Crippen molar-refractivity contribution < 1.29 is 37.7 Å². The average Bonchev–Trinajstić information content (AvgIpc) is 3.04. The van der Waals surface area contributed by atoms with Gasteiger partial charge in [-0.1, -0.05) is 74.5 Å². The molecule has 0 saturated heterocycles. The summed E-state index contributed by atoms with van der Waals surface area (Å²) < 4.78 is 39.0. The van der Waals surface area contributed by atoms with Gasteiger partial charge in [-0.3, -0.25) is 9.59 Å². The monoisotopic (exact) mass is 640 g/mol.